The van der Waals surface area contributed by atoms with Crippen molar-refractivity contribution in [2.75, 3.05) is 0 Å². The van der Waals surface area contributed by atoms with Crippen LogP contribution in [0.25, 0.3) is 0 Å². The van der Waals surface area contributed by atoms with Crippen LogP contribution in [-0.4, -0.2) is 15.1 Å². The summed E-state index contributed by atoms with van der Waals surface area (Å²) in [6.07, 6.45) is 0. The van der Waals surface area contributed by atoms with Crippen molar-refractivity contribution in [2.45, 2.75) is 19.4 Å². The Bertz CT molecular complexity index is 368. The lowest BCUT2D eigenvalue weighted by Gasteiger charge is -2.17. The maximum Gasteiger partial charge on any atom is 0.275 e. The molecule has 0 aliphatic heterocycles. The van der Waals surface area contributed by atoms with Gasteiger partial charge in [0.05, 0.1) is 16.1 Å². The summed E-state index contributed by atoms with van der Waals surface area (Å²) in [5, 5.41) is 29.4. The van der Waals surface area contributed by atoms with Gasteiger partial charge in [-0.25, -0.2) is 0 Å². The highest BCUT2D eigenvalue weighted by Crippen LogP contribution is 2.31. The van der Waals surface area contributed by atoms with E-state index in [-0.39, 0.29) is 17.0 Å². The molecule has 0 amide bonds. The minimum Gasteiger partial charge on any atom is -0.508 e. The molecule has 0 aromatic heterocycles. The number of phenols is 1. The van der Waals surface area contributed by atoms with Gasteiger partial charge in [-0.2, -0.15) is 0 Å². The Kier molecular flexibility index (Phi) is 2.44. The molecule has 0 aliphatic rings. The number of hydrogen-bond donors (Lipinski definition) is 2. The Morgan fingerprint density at radius 1 is 1.43 bits per heavy atom. The number of rotatable bonds is 2. The molecule has 0 saturated heterocycles. The molecule has 5 heteroatoms. The highest BCUT2D eigenvalue weighted by Gasteiger charge is 2.26. The van der Waals surface area contributed by atoms with Crippen LogP contribution in [0.3, 0.4) is 0 Å². The standard InChI is InChI=1S/C9H11NO4/c1-9(2,12)7-5-6(11)3-4-8(7)10(13)14/h3-5,11-12H,1-2H3. The molecule has 1 rings (SSSR count). The first kappa shape index (κ1) is 10.5. The first-order valence-electron chi connectivity index (χ1n) is 4.02. The van der Waals surface area contributed by atoms with Gasteiger partial charge in [0.1, 0.15) is 5.75 Å². The van der Waals surface area contributed by atoms with Crippen molar-refractivity contribution in [2.24, 2.45) is 0 Å². The fourth-order valence-electron chi connectivity index (χ4n) is 1.17. The fourth-order valence-corrected chi connectivity index (χ4v) is 1.17. The lowest BCUT2D eigenvalue weighted by atomic mass is 9.96. The molecule has 0 atom stereocenters. The predicted octanol–water partition coefficient (Wildman–Crippen LogP) is 1.53. The summed E-state index contributed by atoms with van der Waals surface area (Å²) in [7, 11) is 0. The lowest BCUT2D eigenvalue weighted by Crippen LogP contribution is -2.17. The number of aliphatic hydroxyl groups is 1. The van der Waals surface area contributed by atoms with E-state index >= 15 is 0 Å². The lowest BCUT2D eigenvalue weighted by molar-refractivity contribution is -0.386. The third-order valence-corrected chi connectivity index (χ3v) is 1.84. The molecule has 5 nitrogen and oxygen atoms in total. The molecule has 14 heavy (non-hydrogen) atoms. The Morgan fingerprint density at radius 2 is 2.00 bits per heavy atom. The van der Waals surface area contributed by atoms with Gasteiger partial charge >= 0.3 is 0 Å². The number of phenolic OH excluding ortho intramolecular Hbond substituents is 1. The molecule has 1 aromatic carbocycles. The van der Waals surface area contributed by atoms with Crippen LogP contribution in [0.5, 0.6) is 5.75 Å². The van der Waals surface area contributed by atoms with Gasteiger partial charge in [-0.05, 0) is 26.0 Å². The van der Waals surface area contributed by atoms with Crippen molar-refractivity contribution in [1.29, 1.82) is 0 Å². The maximum absolute atomic E-state index is 10.6. The van der Waals surface area contributed by atoms with Crippen LogP contribution in [-0.2, 0) is 5.60 Å². The Hall–Kier alpha value is -1.62. The summed E-state index contributed by atoms with van der Waals surface area (Å²) in [6, 6.07) is 3.58. The van der Waals surface area contributed by atoms with E-state index in [0.29, 0.717) is 0 Å². The predicted molar refractivity (Wildman–Crippen MR) is 50.0 cm³/mol. The van der Waals surface area contributed by atoms with E-state index in [2.05, 4.69) is 0 Å². The van der Waals surface area contributed by atoms with Gasteiger partial charge in [0.2, 0.25) is 0 Å². The van der Waals surface area contributed by atoms with Gasteiger partial charge in [-0.3, -0.25) is 10.1 Å². The first-order chi connectivity index (χ1) is 6.32. The Morgan fingerprint density at radius 3 is 2.43 bits per heavy atom. The molecule has 0 spiro atoms. The van der Waals surface area contributed by atoms with Gasteiger partial charge < -0.3 is 10.2 Å². The van der Waals surface area contributed by atoms with E-state index < -0.39 is 10.5 Å². The quantitative estimate of drug-likeness (QED) is 0.556. The van der Waals surface area contributed by atoms with Crippen LogP contribution in [0.4, 0.5) is 5.69 Å². The minimum atomic E-state index is -1.35. The molecule has 0 aliphatic carbocycles. The van der Waals surface area contributed by atoms with Crippen LogP contribution in [0.15, 0.2) is 18.2 Å². The molecule has 0 unspecified atom stereocenters. The molecule has 0 fully saturated rings. The SMILES string of the molecule is CC(C)(O)c1cc(O)ccc1[N+](=O)[O-]. The van der Waals surface area contributed by atoms with E-state index in [0.717, 1.165) is 0 Å². The zero-order valence-corrected chi connectivity index (χ0v) is 7.89. The van der Waals surface area contributed by atoms with Crippen molar-refractivity contribution in [3.63, 3.8) is 0 Å². The van der Waals surface area contributed by atoms with Gasteiger partial charge in [0.15, 0.2) is 0 Å². The molecule has 0 bridgehead atoms. The van der Waals surface area contributed by atoms with Gasteiger partial charge in [-0.1, -0.05) is 0 Å². The average molecular weight is 197 g/mol. The van der Waals surface area contributed by atoms with Crippen molar-refractivity contribution in [1.82, 2.24) is 0 Å². The van der Waals surface area contributed by atoms with Crippen molar-refractivity contribution >= 4 is 5.69 Å². The summed E-state index contributed by atoms with van der Waals surface area (Å²) >= 11 is 0. The van der Waals surface area contributed by atoms with Crippen LogP contribution >= 0.6 is 0 Å². The second kappa shape index (κ2) is 3.26. The van der Waals surface area contributed by atoms with E-state index in [4.69, 9.17) is 5.11 Å². The summed E-state index contributed by atoms with van der Waals surface area (Å²) < 4.78 is 0. The zero-order chi connectivity index (χ0) is 10.9. The molecule has 0 radical (unpaired) electrons. The number of benzene rings is 1. The van der Waals surface area contributed by atoms with Crippen molar-refractivity contribution < 1.29 is 15.1 Å². The van der Waals surface area contributed by atoms with Crippen molar-refractivity contribution in [3.05, 3.63) is 33.9 Å². The molecular weight excluding hydrogens is 186 g/mol. The summed E-state index contributed by atoms with van der Waals surface area (Å²) in [5.74, 6) is -0.104. The monoisotopic (exact) mass is 197 g/mol. The molecule has 0 heterocycles. The summed E-state index contributed by atoms with van der Waals surface area (Å²) in [6.45, 7) is 2.85. The smallest absolute Gasteiger partial charge is 0.275 e. The number of aromatic hydroxyl groups is 1. The van der Waals surface area contributed by atoms with Crippen LogP contribution < -0.4 is 0 Å². The first-order valence-corrected chi connectivity index (χ1v) is 4.02. The third-order valence-electron chi connectivity index (χ3n) is 1.84. The second-order valence-corrected chi connectivity index (χ2v) is 3.52. The molecule has 1 aromatic rings. The average Bonchev–Trinajstić information content (AvgIpc) is 2.01. The van der Waals surface area contributed by atoms with Gasteiger partial charge in [-0.15, -0.1) is 0 Å². The summed E-state index contributed by atoms with van der Waals surface area (Å²) in [4.78, 5) is 10.0. The fraction of sp³-hybridized carbons (Fsp3) is 0.333. The maximum atomic E-state index is 10.6. The second-order valence-electron chi connectivity index (χ2n) is 3.52. The van der Waals surface area contributed by atoms with Crippen LogP contribution in [0.1, 0.15) is 19.4 Å². The van der Waals surface area contributed by atoms with E-state index in [1.165, 1.54) is 32.0 Å². The topological polar surface area (TPSA) is 83.6 Å². The third kappa shape index (κ3) is 2.00. The number of nitrogens with zero attached hydrogens (tertiary/aromatic N) is 1. The number of hydrogen-bond acceptors (Lipinski definition) is 4. The normalized spacial score (nSPS) is 11.4. The molecule has 76 valence electrons. The zero-order valence-electron chi connectivity index (χ0n) is 7.89. The van der Waals surface area contributed by atoms with Gasteiger partial charge in [0, 0.05) is 6.07 Å². The number of nitro benzene ring substituents is 1. The van der Waals surface area contributed by atoms with E-state index in [1.54, 1.807) is 0 Å². The molecular formula is C9H11NO4. The Labute approximate surface area is 80.8 Å². The van der Waals surface area contributed by atoms with Crippen molar-refractivity contribution in [3.8, 4) is 5.75 Å². The molecule has 0 saturated carbocycles. The largest absolute Gasteiger partial charge is 0.508 e. The van der Waals surface area contributed by atoms with E-state index in [9.17, 15) is 15.2 Å². The highest BCUT2D eigenvalue weighted by molar-refractivity contribution is 5.47. The number of nitro groups is 1. The van der Waals surface area contributed by atoms with Crippen LogP contribution in [0.2, 0.25) is 0 Å². The van der Waals surface area contributed by atoms with E-state index in [1.807, 2.05) is 0 Å². The highest BCUT2D eigenvalue weighted by atomic mass is 16.6. The van der Waals surface area contributed by atoms with Gasteiger partial charge in [0.25, 0.3) is 5.69 Å². The minimum absolute atomic E-state index is 0.0995. The molecule has 2 N–H and O–H groups in total. The summed E-state index contributed by atoms with van der Waals surface area (Å²) in [5.41, 5.74) is -1.45. The van der Waals surface area contributed by atoms with Crippen LogP contribution in [0, 0.1) is 10.1 Å². The Balaban J connectivity index is 3.38.